The van der Waals surface area contributed by atoms with Crippen molar-refractivity contribution in [2.75, 3.05) is 13.2 Å². The minimum Gasteiger partial charge on any atom is -0.446 e. The second-order valence-electron chi connectivity index (χ2n) is 10.4. The molecular weight excluding hydrogens is 457 g/mol. The Morgan fingerprint density at radius 2 is 1.88 bits per heavy atom. The number of hydrogen-bond acceptors (Lipinski definition) is 5. The van der Waals surface area contributed by atoms with Crippen LogP contribution in [0.5, 0.6) is 0 Å². The first kappa shape index (κ1) is 25.2. The van der Waals surface area contributed by atoms with E-state index < -0.39 is 30.8 Å². The minimum atomic E-state index is -3.61. The number of allylic oxidation sites excluding steroid dienone is 1. The van der Waals surface area contributed by atoms with Gasteiger partial charge in [-0.25, -0.2) is 4.79 Å². The smallest absolute Gasteiger partial charge is 0.408 e. The van der Waals surface area contributed by atoms with E-state index in [4.69, 9.17) is 4.74 Å². The van der Waals surface area contributed by atoms with Crippen LogP contribution >= 0.6 is 7.37 Å². The maximum Gasteiger partial charge on any atom is 0.408 e. The van der Waals surface area contributed by atoms with Crippen LogP contribution in [0.25, 0.3) is 0 Å². The second-order valence-corrected chi connectivity index (χ2v) is 12.9. The maximum atomic E-state index is 13.5. The second kappa shape index (κ2) is 10.4. The van der Waals surface area contributed by atoms with Crippen LogP contribution in [0, 0.1) is 5.92 Å². The van der Waals surface area contributed by atoms with E-state index in [9.17, 15) is 23.8 Å². The number of nitrogens with zero attached hydrogens (tertiary/aromatic N) is 1. The molecule has 0 radical (unpaired) electrons. The average Bonchev–Trinajstić information content (AvgIpc) is 3.13. The molecule has 4 rings (SSSR count). The summed E-state index contributed by atoms with van der Waals surface area (Å²) in [6.45, 7) is 1.72. The summed E-state index contributed by atoms with van der Waals surface area (Å²) in [6.07, 6.45) is 12.6. The van der Waals surface area contributed by atoms with E-state index in [1.54, 1.807) is 0 Å². The van der Waals surface area contributed by atoms with Crippen molar-refractivity contribution in [3.8, 4) is 0 Å². The van der Waals surface area contributed by atoms with E-state index in [1.807, 2.05) is 12.2 Å². The van der Waals surface area contributed by atoms with Gasteiger partial charge in [0.1, 0.15) is 23.5 Å². The SMILES string of the molecule is CP(=O)(O)[C@@]12C[C@H]1/C=C\CCCCC[C@H](NC(=O)OC1CCCC1)C(=O)N1CCC[C@H]1C(=O)N2. The van der Waals surface area contributed by atoms with Crippen LogP contribution in [-0.2, 0) is 18.9 Å². The third-order valence-electron chi connectivity index (χ3n) is 7.80. The maximum absolute atomic E-state index is 13.5. The van der Waals surface area contributed by atoms with Crippen LogP contribution < -0.4 is 10.6 Å². The lowest BCUT2D eigenvalue weighted by Crippen LogP contribution is -2.55. The summed E-state index contributed by atoms with van der Waals surface area (Å²) in [4.78, 5) is 51.3. The first-order chi connectivity index (χ1) is 16.2. The molecule has 0 aromatic rings. The molecule has 190 valence electrons. The van der Waals surface area contributed by atoms with Crippen molar-refractivity contribution < 1.29 is 28.6 Å². The number of amides is 3. The summed E-state index contributed by atoms with van der Waals surface area (Å²) in [7, 11) is -3.61. The van der Waals surface area contributed by atoms with Gasteiger partial charge in [-0.1, -0.05) is 25.0 Å². The van der Waals surface area contributed by atoms with E-state index in [0.717, 1.165) is 51.4 Å². The van der Waals surface area contributed by atoms with Crippen molar-refractivity contribution >= 4 is 25.3 Å². The monoisotopic (exact) mass is 495 g/mol. The molecule has 2 heterocycles. The molecule has 0 spiro atoms. The zero-order valence-corrected chi connectivity index (χ0v) is 20.9. The molecule has 34 heavy (non-hydrogen) atoms. The lowest BCUT2D eigenvalue weighted by atomic mass is 10.1. The van der Waals surface area contributed by atoms with Crippen molar-refractivity contribution in [3.63, 3.8) is 0 Å². The van der Waals surface area contributed by atoms with Crippen LogP contribution in [0.2, 0.25) is 0 Å². The van der Waals surface area contributed by atoms with Gasteiger partial charge in [0.05, 0.1) is 0 Å². The standard InChI is InChI=1S/C24H38N3O6P/c1-34(31,32)24-16-17(24)10-5-3-2-4-6-13-19(25-23(30)33-18-11-7-8-12-18)22(29)27-15-9-14-20(27)21(28)26-24/h5,10,17-20H,2-4,6-9,11-16H2,1H3,(H,25,30)(H,26,28)(H,31,32)/b10-5-/t17-,19+,20+,24+/m1/s1. The average molecular weight is 496 g/mol. The molecule has 5 atom stereocenters. The molecule has 2 aliphatic heterocycles. The molecule has 10 heteroatoms. The topological polar surface area (TPSA) is 125 Å². The summed E-state index contributed by atoms with van der Waals surface area (Å²) in [5, 5.41) is 4.49. The molecule has 2 saturated carbocycles. The number of carbonyl (C=O) groups excluding carboxylic acids is 3. The van der Waals surface area contributed by atoms with Crippen LogP contribution in [0.15, 0.2) is 12.2 Å². The predicted molar refractivity (Wildman–Crippen MR) is 127 cm³/mol. The van der Waals surface area contributed by atoms with Gasteiger partial charge in [-0.15, -0.1) is 0 Å². The highest BCUT2D eigenvalue weighted by molar-refractivity contribution is 7.59. The van der Waals surface area contributed by atoms with Gasteiger partial charge in [0.25, 0.3) is 0 Å². The van der Waals surface area contributed by atoms with Crippen LogP contribution in [-0.4, -0.2) is 64.4 Å². The number of nitrogens with one attached hydrogen (secondary N) is 2. The molecular formula is C24H38N3O6P. The van der Waals surface area contributed by atoms with Crippen LogP contribution in [0.1, 0.15) is 77.0 Å². The van der Waals surface area contributed by atoms with Gasteiger partial charge in [-0.3, -0.25) is 14.2 Å². The lowest BCUT2D eigenvalue weighted by Gasteiger charge is -2.31. The largest absolute Gasteiger partial charge is 0.446 e. The first-order valence-corrected chi connectivity index (χ1v) is 14.9. The van der Waals surface area contributed by atoms with Crippen molar-refractivity contribution in [3.05, 3.63) is 12.2 Å². The Morgan fingerprint density at radius 3 is 2.62 bits per heavy atom. The molecule has 3 N–H and O–H groups in total. The summed E-state index contributed by atoms with van der Waals surface area (Å²) < 4.78 is 18.2. The van der Waals surface area contributed by atoms with Gasteiger partial charge in [-0.2, -0.15) is 0 Å². The Bertz CT molecular complexity index is 867. The fraction of sp³-hybridized carbons (Fsp3) is 0.792. The van der Waals surface area contributed by atoms with Crippen LogP contribution in [0.3, 0.4) is 0 Å². The zero-order valence-electron chi connectivity index (χ0n) is 20.0. The Balaban J connectivity index is 1.50. The van der Waals surface area contributed by atoms with Gasteiger partial charge in [0, 0.05) is 19.1 Å². The molecule has 3 amide bonds. The van der Waals surface area contributed by atoms with Crippen molar-refractivity contribution in [2.45, 2.75) is 101 Å². The van der Waals surface area contributed by atoms with Crippen LogP contribution in [0.4, 0.5) is 4.79 Å². The van der Waals surface area contributed by atoms with Crippen molar-refractivity contribution in [1.82, 2.24) is 15.5 Å². The highest BCUT2D eigenvalue weighted by Gasteiger charge is 2.64. The third-order valence-corrected chi connectivity index (χ3v) is 9.91. The van der Waals surface area contributed by atoms with Gasteiger partial charge >= 0.3 is 6.09 Å². The van der Waals surface area contributed by atoms with Gasteiger partial charge in [0.2, 0.25) is 19.2 Å². The number of ether oxygens (including phenoxy) is 1. The lowest BCUT2D eigenvalue weighted by molar-refractivity contribution is -0.140. The fourth-order valence-electron chi connectivity index (χ4n) is 5.67. The Hall–Kier alpha value is -1.86. The van der Waals surface area contributed by atoms with Gasteiger partial charge < -0.3 is 25.2 Å². The molecule has 1 saturated heterocycles. The minimum absolute atomic E-state index is 0.0969. The van der Waals surface area contributed by atoms with Crippen molar-refractivity contribution in [1.29, 1.82) is 0 Å². The summed E-state index contributed by atoms with van der Waals surface area (Å²) in [5.74, 6) is -0.841. The normalized spacial score (nSPS) is 35.7. The third kappa shape index (κ3) is 5.51. The first-order valence-electron chi connectivity index (χ1n) is 12.8. The fourth-order valence-corrected chi connectivity index (χ4v) is 7.22. The predicted octanol–water partition coefficient (Wildman–Crippen LogP) is 3.27. The number of fused-ring (bicyclic) bond motifs is 2. The summed E-state index contributed by atoms with van der Waals surface area (Å²) in [6, 6.07) is -1.46. The van der Waals surface area contributed by atoms with Gasteiger partial charge in [-0.05, 0) is 64.2 Å². The highest BCUT2D eigenvalue weighted by Crippen LogP contribution is 2.67. The van der Waals surface area contributed by atoms with E-state index >= 15 is 0 Å². The molecule has 9 nitrogen and oxygen atoms in total. The molecule has 4 aliphatic rings. The molecule has 1 unspecified atom stereocenters. The van der Waals surface area contributed by atoms with E-state index in [0.29, 0.717) is 32.2 Å². The quantitative estimate of drug-likeness (QED) is 0.408. The summed E-state index contributed by atoms with van der Waals surface area (Å²) in [5.41, 5.74) is 0. The Labute approximate surface area is 201 Å². The Kier molecular flexibility index (Phi) is 7.72. The molecule has 0 bridgehead atoms. The molecule has 0 aromatic heterocycles. The van der Waals surface area contributed by atoms with Crippen molar-refractivity contribution in [2.24, 2.45) is 5.92 Å². The highest BCUT2D eigenvalue weighted by atomic mass is 31.2. The Morgan fingerprint density at radius 1 is 1.15 bits per heavy atom. The number of hydrogen-bond donors (Lipinski definition) is 3. The number of alkyl carbamates (subject to hydrolysis) is 1. The number of carbonyl (C=O) groups is 3. The van der Waals surface area contributed by atoms with E-state index in [2.05, 4.69) is 10.6 Å². The molecule has 2 aliphatic carbocycles. The van der Waals surface area contributed by atoms with E-state index in [1.165, 1.54) is 11.6 Å². The number of rotatable bonds is 3. The zero-order chi connectivity index (χ0) is 24.3. The summed E-state index contributed by atoms with van der Waals surface area (Å²) >= 11 is 0. The molecule has 0 aromatic carbocycles. The van der Waals surface area contributed by atoms with Gasteiger partial charge in [0.15, 0.2) is 0 Å². The van der Waals surface area contributed by atoms with E-state index in [-0.39, 0.29) is 23.8 Å². The molecule has 3 fully saturated rings.